The van der Waals surface area contributed by atoms with Gasteiger partial charge in [-0.15, -0.1) is 0 Å². The standard InChI is InChI=1S/C36H48N4O2/c1-2-31-23-33(22-27-12-6-3-7-13-27)40(37-31)32-18-20-38(21-19-32)24-30-25-39(26-34(30)28-14-8-4-9-15-28)35(36(41)42)29-16-10-5-11-17-29/h3-4,6-9,12-15,23,29-30,32,34-35H,2,5,10-11,16-22,24-26H2,1H3,(H,41,42). The highest BCUT2D eigenvalue weighted by atomic mass is 16.4. The van der Waals surface area contributed by atoms with Gasteiger partial charge in [-0.3, -0.25) is 14.4 Å². The van der Waals surface area contributed by atoms with E-state index in [1.165, 1.54) is 41.8 Å². The Morgan fingerprint density at radius 1 is 0.929 bits per heavy atom. The molecule has 1 N–H and O–H groups in total. The second kappa shape index (κ2) is 13.6. The van der Waals surface area contributed by atoms with Crippen LogP contribution < -0.4 is 0 Å². The van der Waals surface area contributed by atoms with Crippen molar-refractivity contribution >= 4 is 5.97 Å². The second-order valence-electron chi connectivity index (χ2n) is 13.0. The summed E-state index contributed by atoms with van der Waals surface area (Å²) in [6.07, 6.45) is 9.82. The van der Waals surface area contributed by atoms with Crippen molar-refractivity contribution < 1.29 is 9.90 Å². The number of rotatable bonds is 10. The number of carboxylic acid groups (broad SMARTS) is 1. The number of likely N-dealkylation sites (tertiary alicyclic amines) is 2. The SMILES string of the molecule is CCc1cc(Cc2ccccc2)n(C2CCN(CC3CN(C(C(=O)O)C4CCCCC4)CC3c3ccccc3)CC2)n1. The number of aromatic nitrogens is 2. The van der Waals surface area contributed by atoms with Gasteiger partial charge in [0.1, 0.15) is 6.04 Å². The Morgan fingerprint density at radius 2 is 1.62 bits per heavy atom. The topological polar surface area (TPSA) is 61.6 Å². The zero-order valence-electron chi connectivity index (χ0n) is 25.3. The van der Waals surface area contributed by atoms with Crippen LogP contribution in [-0.2, 0) is 17.6 Å². The van der Waals surface area contributed by atoms with Crippen molar-refractivity contribution in [2.75, 3.05) is 32.7 Å². The van der Waals surface area contributed by atoms with Crippen molar-refractivity contribution in [1.29, 1.82) is 0 Å². The molecular weight excluding hydrogens is 520 g/mol. The summed E-state index contributed by atoms with van der Waals surface area (Å²) in [5, 5.41) is 15.4. The van der Waals surface area contributed by atoms with Gasteiger partial charge in [0.05, 0.1) is 11.7 Å². The van der Waals surface area contributed by atoms with Crippen LogP contribution in [0.25, 0.3) is 0 Å². The maximum atomic E-state index is 12.6. The number of hydrogen-bond donors (Lipinski definition) is 1. The zero-order chi connectivity index (χ0) is 28.9. The number of carboxylic acids is 1. The summed E-state index contributed by atoms with van der Waals surface area (Å²) in [6, 6.07) is 24.0. The van der Waals surface area contributed by atoms with Crippen LogP contribution in [0.3, 0.4) is 0 Å². The molecule has 0 radical (unpaired) electrons. The molecule has 6 nitrogen and oxygen atoms in total. The number of hydrogen-bond acceptors (Lipinski definition) is 4. The van der Waals surface area contributed by atoms with Crippen molar-refractivity contribution in [3.63, 3.8) is 0 Å². The molecule has 0 amide bonds. The molecule has 0 spiro atoms. The molecule has 2 aliphatic heterocycles. The van der Waals surface area contributed by atoms with E-state index >= 15 is 0 Å². The molecule has 6 rings (SSSR count). The van der Waals surface area contributed by atoms with E-state index in [4.69, 9.17) is 5.10 Å². The molecular formula is C36H48N4O2. The molecule has 1 aromatic heterocycles. The molecule has 1 aliphatic carbocycles. The fourth-order valence-electron chi connectivity index (χ4n) is 8.09. The molecule has 6 heteroatoms. The van der Waals surface area contributed by atoms with Gasteiger partial charge in [-0.1, -0.05) is 86.8 Å². The van der Waals surface area contributed by atoms with Gasteiger partial charge in [-0.25, -0.2) is 0 Å². The molecule has 42 heavy (non-hydrogen) atoms. The van der Waals surface area contributed by atoms with Crippen LogP contribution in [0.5, 0.6) is 0 Å². The lowest BCUT2D eigenvalue weighted by Crippen LogP contribution is -2.46. The third-order valence-corrected chi connectivity index (χ3v) is 10.3. The van der Waals surface area contributed by atoms with Gasteiger partial charge in [0, 0.05) is 50.8 Å². The maximum absolute atomic E-state index is 12.6. The third kappa shape index (κ3) is 6.65. The zero-order valence-corrected chi connectivity index (χ0v) is 25.3. The van der Waals surface area contributed by atoms with Crippen LogP contribution in [0.15, 0.2) is 66.7 Å². The first-order chi connectivity index (χ1) is 20.6. The van der Waals surface area contributed by atoms with Crippen LogP contribution >= 0.6 is 0 Å². The molecule has 3 unspecified atom stereocenters. The third-order valence-electron chi connectivity index (χ3n) is 10.3. The largest absolute Gasteiger partial charge is 0.480 e. The lowest BCUT2D eigenvalue weighted by atomic mass is 9.83. The summed E-state index contributed by atoms with van der Waals surface area (Å²) in [4.78, 5) is 17.6. The van der Waals surface area contributed by atoms with E-state index in [1.807, 2.05) is 0 Å². The fourth-order valence-corrected chi connectivity index (χ4v) is 8.09. The number of nitrogens with zero attached hydrogens (tertiary/aromatic N) is 4. The van der Waals surface area contributed by atoms with E-state index < -0.39 is 5.97 Å². The van der Waals surface area contributed by atoms with Gasteiger partial charge in [0.2, 0.25) is 0 Å². The summed E-state index contributed by atoms with van der Waals surface area (Å²) in [5.41, 5.74) is 5.21. The van der Waals surface area contributed by atoms with Crippen molar-refractivity contribution in [3.8, 4) is 0 Å². The molecule has 2 aromatic carbocycles. The number of aryl methyl sites for hydroxylation is 1. The Hall–Kier alpha value is -2.96. The first-order valence-electron chi connectivity index (χ1n) is 16.4. The summed E-state index contributed by atoms with van der Waals surface area (Å²) >= 11 is 0. The van der Waals surface area contributed by atoms with E-state index in [0.717, 1.165) is 71.2 Å². The Balaban J connectivity index is 1.13. The Bertz CT molecular complexity index is 1280. The molecule has 224 valence electrons. The molecule has 0 bridgehead atoms. The van der Waals surface area contributed by atoms with Crippen LogP contribution in [-0.4, -0.2) is 69.4 Å². The minimum absolute atomic E-state index is 0.286. The first kappa shape index (κ1) is 29.1. The first-order valence-corrected chi connectivity index (χ1v) is 16.4. The van der Waals surface area contributed by atoms with E-state index in [2.05, 4.69) is 88.1 Å². The van der Waals surface area contributed by atoms with E-state index in [0.29, 0.717) is 17.9 Å². The lowest BCUT2D eigenvalue weighted by molar-refractivity contribution is -0.145. The minimum Gasteiger partial charge on any atom is -0.480 e. The van der Waals surface area contributed by atoms with Crippen molar-refractivity contribution in [3.05, 3.63) is 89.2 Å². The van der Waals surface area contributed by atoms with E-state index in [-0.39, 0.29) is 12.0 Å². The summed E-state index contributed by atoms with van der Waals surface area (Å²) in [6.45, 7) is 7.11. The van der Waals surface area contributed by atoms with Gasteiger partial charge in [-0.05, 0) is 61.1 Å². The average Bonchev–Trinajstić information content (AvgIpc) is 3.63. The molecule has 3 heterocycles. The van der Waals surface area contributed by atoms with Gasteiger partial charge in [-0.2, -0.15) is 5.10 Å². The molecule has 3 atom stereocenters. The highest BCUT2D eigenvalue weighted by Gasteiger charge is 2.43. The van der Waals surface area contributed by atoms with Gasteiger partial charge >= 0.3 is 5.97 Å². The van der Waals surface area contributed by atoms with Gasteiger partial charge in [0.25, 0.3) is 0 Å². The number of benzene rings is 2. The number of aliphatic carboxylic acids is 1. The number of piperidine rings is 1. The Kier molecular flexibility index (Phi) is 9.40. The van der Waals surface area contributed by atoms with E-state index in [9.17, 15) is 9.90 Å². The lowest BCUT2D eigenvalue weighted by Gasteiger charge is -2.36. The monoisotopic (exact) mass is 568 g/mol. The minimum atomic E-state index is -0.618. The van der Waals surface area contributed by atoms with Crippen LogP contribution in [0.2, 0.25) is 0 Å². The smallest absolute Gasteiger partial charge is 0.321 e. The Labute approximate surface area is 251 Å². The normalized spacial score (nSPS) is 23.7. The summed E-state index contributed by atoms with van der Waals surface area (Å²) in [7, 11) is 0. The quantitative estimate of drug-likeness (QED) is 0.306. The molecule has 3 aliphatic rings. The summed E-state index contributed by atoms with van der Waals surface area (Å²) < 4.78 is 2.34. The fraction of sp³-hybridized carbons (Fsp3) is 0.556. The average molecular weight is 569 g/mol. The van der Waals surface area contributed by atoms with E-state index in [1.54, 1.807) is 0 Å². The van der Waals surface area contributed by atoms with Gasteiger partial charge in [0.15, 0.2) is 0 Å². The Morgan fingerprint density at radius 3 is 2.29 bits per heavy atom. The molecule has 2 saturated heterocycles. The molecule has 3 aromatic rings. The predicted molar refractivity (Wildman–Crippen MR) is 168 cm³/mol. The second-order valence-corrected chi connectivity index (χ2v) is 13.0. The summed E-state index contributed by atoms with van der Waals surface area (Å²) in [5.74, 6) is 0.492. The molecule has 3 fully saturated rings. The van der Waals surface area contributed by atoms with Crippen LogP contribution in [0.4, 0.5) is 0 Å². The van der Waals surface area contributed by atoms with Gasteiger partial charge < -0.3 is 10.0 Å². The number of carbonyl (C=O) groups is 1. The van der Waals surface area contributed by atoms with Crippen LogP contribution in [0, 0.1) is 11.8 Å². The predicted octanol–water partition coefficient (Wildman–Crippen LogP) is 6.42. The van der Waals surface area contributed by atoms with Crippen LogP contribution in [0.1, 0.15) is 86.3 Å². The van der Waals surface area contributed by atoms with Crippen molar-refractivity contribution in [1.82, 2.24) is 19.6 Å². The highest BCUT2D eigenvalue weighted by Crippen LogP contribution is 2.39. The van der Waals surface area contributed by atoms with Crippen molar-refractivity contribution in [2.24, 2.45) is 11.8 Å². The maximum Gasteiger partial charge on any atom is 0.321 e. The molecule has 1 saturated carbocycles. The van der Waals surface area contributed by atoms with Crippen molar-refractivity contribution in [2.45, 2.75) is 82.7 Å². The highest BCUT2D eigenvalue weighted by molar-refractivity contribution is 5.74.